The highest BCUT2D eigenvalue weighted by molar-refractivity contribution is 5.70. The normalized spacial score (nSPS) is 11.7. The number of aromatic nitrogens is 2. The van der Waals surface area contributed by atoms with Crippen molar-refractivity contribution in [3.05, 3.63) is 65.6 Å². The largest absolute Gasteiger partial charge is 0.508 e. The highest BCUT2D eigenvalue weighted by atomic mass is 16.3. The zero-order valence-electron chi connectivity index (χ0n) is 12.8. The molecule has 22 heavy (non-hydrogen) atoms. The molecule has 0 aliphatic heterocycles. The van der Waals surface area contributed by atoms with Crippen molar-refractivity contribution in [1.82, 2.24) is 15.5 Å². The van der Waals surface area contributed by atoms with Crippen LogP contribution in [0.3, 0.4) is 0 Å². The van der Waals surface area contributed by atoms with Crippen LogP contribution in [0.5, 0.6) is 5.75 Å². The molecule has 0 unspecified atom stereocenters. The molecule has 0 aliphatic carbocycles. The number of aryl methyl sites for hydroxylation is 1. The number of nitrogens with one attached hydrogen (secondary N) is 1. The Morgan fingerprint density at radius 3 is 2.73 bits per heavy atom. The first kappa shape index (κ1) is 15.6. The quantitative estimate of drug-likeness (QED) is 0.789. The summed E-state index contributed by atoms with van der Waals surface area (Å²) in [6.07, 6.45) is 1.62. The van der Waals surface area contributed by atoms with Crippen LogP contribution in [0, 0.1) is 6.92 Å². The summed E-state index contributed by atoms with van der Waals surface area (Å²) in [7, 11) is 0. The Bertz CT molecular complexity index is 704. The van der Waals surface area contributed by atoms with Crippen LogP contribution in [0.1, 0.15) is 23.7 Å². The molecular formula is C17H20N4O. The summed E-state index contributed by atoms with van der Waals surface area (Å²) in [6, 6.07) is 9.05. The van der Waals surface area contributed by atoms with E-state index in [4.69, 9.17) is 5.73 Å². The average Bonchev–Trinajstić information content (AvgIpc) is 2.50. The van der Waals surface area contributed by atoms with Crippen molar-refractivity contribution in [2.24, 2.45) is 5.73 Å². The van der Waals surface area contributed by atoms with Crippen LogP contribution < -0.4 is 11.1 Å². The summed E-state index contributed by atoms with van der Waals surface area (Å²) in [5.74, 6) is 0.273. The van der Waals surface area contributed by atoms with E-state index in [9.17, 15) is 5.11 Å². The lowest BCUT2D eigenvalue weighted by molar-refractivity contribution is 0.471. The van der Waals surface area contributed by atoms with Gasteiger partial charge in [0.25, 0.3) is 0 Å². The molecule has 0 saturated carbocycles. The Kier molecular flexibility index (Phi) is 4.78. The van der Waals surface area contributed by atoms with Crippen LogP contribution in [-0.2, 0) is 0 Å². The molecule has 1 aromatic heterocycles. The zero-order valence-corrected chi connectivity index (χ0v) is 12.8. The molecular weight excluding hydrogens is 276 g/mol. The molecule has 114 valence electrons. The molecule has 5 heteroatoms. The summed E-state index contributed by atoms with van der Waals surface area (Å²) < 4.78 is 0. The fourth-order valence-corrected chi connectivity index (χ4v) is 2.03. The molecule has 1 heterocycles. The SMILES string of the molecule is C=C(NCC(=C(C)N)c1cccnn1)c1ccc(O)c(C)c1. The maximum Gasteiger partial charge on any atom is 0.118 e. The molecule has 0 radical (unpaired) electrons. The lowest BCUT2D eigenvalue weighted by Gasteiger charge is -2.14. The highest BCUT2D eigenvalue weighted by Gasteiger charge is 2.08. The second kappa shape index (κ2) is 6.76. The first-order valence-electron chi connectivity index (χ1n) is 6.95. The van der Waals surface area contributed by atoms with Crippen LogP contribution >= 0.6 is 0 Å². The Balaban J connectivity index is 2.12. The minimum Gasteiger partial charge on any atom is -0.508 e. The number of phenolic OH excluding ortho intramolecular Hbond substituents is 1. The number of phenols is 1. The topological polar surface area (TPSA) is 84.1 Å². The van der Waals surface area contributed by atoms with Gasteiger partial charge in [0.2, 0.25) is 0 Å². The van der Waals surface area contributed by atoms with E-state index in [0.717, 1.165) is 28.1 Å². The number of allylic oxidation sites excluding steroid dienone is 1. The fourth-order valence-electron chi connectivity index (χ4n) is 2.03. The van der Waals surface area contributed by atoms with Crippen molar-refractivity contribution in [2.45, 2.75) is 13.8 Å². The Labute approximate surface area is 130 Å². The van der Waals surface area contributed by atoms with Gasteiger partial charge in [-0.05, 0) is 55.3 Å². The Morgan fingerprint density at radius 2 is 2.14 bits per heavy atom. The van der Waals surface area contributed by atoms with Gasteiger partial charge in [-0.2, -0.15) is 10.2 Å². The predicted molar refractivity (Wildman–Crippen MR) is 88.7 cm³/mol. The summed E-state index contributed by atoms with van der Waals surface area (Å²) in [4.78, 5) is 0. The van der Waals surface area contributed by atoms with Gasteiger partial charge in [0, 0.05) is 29.7 Å². The summed E-state index contributed by atoms with van der Waals surface area (Å²) in [6.45, 7) is 8.21. The summed E-state index contributed by atoms with van der Waals surface area (Å²) in [5, 5.41) is 20.8. The van der Waals surface area contributed by atoms with Crippen molar-refractivity contribution in [3.8, 4) is 5.75 Å². The number of hydrogen-bond acceptors (Lipinski definition) is 5. The van der Waals surface area contributed by atoms with Gasteiger partial charge >= 0.3 is 0 Å². The van der Waals surface area contributed by atoms with E-state index in [1.807, 2.05) is 38.1 Å². The van der Waals surface area contributed by atoms with Gasteiger partial charge in [-0.25, -0.2) is 0 Å². The van der Waals surface area contributed by atoms with Crippen LogP contribution in [0.25, 0.3) is 11.3 Å². The van der Waals surface area contributed by atoms with Gasteiger partial charge in [-0.1, -0.05) is 6.58 Å². The van der Waals surface area contributed by atoms with Crippen molar-refractivity contribution in [1.29, 1.82) is 0 Å². The van der Waals surface area contributed by atoms with E-state index in [2.05, 4.69) is 22.1 Å². The van der Waals surface area contributed by atoms with E-state index in [1.54, 1.807) is 12.3 Å². The second-order valence-electron chi connectivity index (χ2n) is 5.10. The molecule has 2 aromatic rings. The van der Waals surface area contributed by atoms with Gasteiger partial charge in [-0.15, -0.1) is 0 Å². The molecule has 0 bridgehead atoms. The monoisotopic (exact) mass is 296 g/mol. The minimum atomic E-state index is 0.273. The lowest BCUT2D eigenvalue weighted by atomic mass is 10.1. The molecule has 0 spiro atoms. The van der Waals surface area contributed by atoms with Crippen molar-refractivity contribution in [2.75, 3.05) is 6.54 Å². The average molecular weight is 296 g/mol. The fraction of sp³-hybridized carbons (Fsp3) is 0.176. The first-order chi connectivity index (χ1) is 10.5. The van der Waals surface area contributed by atoms with Crippen LogP contribution in [-0.4, -0.2) is 21.8 Å². The number of rotatable bonds is 5. The Morgan fingerprint density at radius 1 is 1.36 bits per heavy atom. The van der Waals surface area contributed by atoms with Crippen LogP contribution in [0.15, 0.2) is 48.8 Å². The van der Waals surface area contributed by atoms with Crippen molar-refractivity contribution in [3.63, 3.8) is 0 Å². The number of hydrogen-bond donors (Lipinski definition) is 3. The van der Waals surface area contributed by atoms with Crippen molar-refractivity contribution >= 4 is 11.3 Å². The third-order valence-electron chi connectivity index (χ3n) is 3.38. The van der Waals surface area contributed by atoms with Crippen LogP contribution in [0.4, 0.5) is 0 Å². The molecule has 0 amide bonds. The maximum atomic E-state index is 9.58. The Hall–Kier alpha value is -2.82. The van der Waals surface area contributed by atoms with Gasteiger partial charge < -0.3 is 16.2 Å². The van der Waals surface area contributed by atoms with E-state index >= 15 is 0 Å². The molecule has 0 aliphatic rings. The molecule has 0 atom stereocenters. The third-order valence-corrected chi connectivity index (χ3v) is 3.38. The first-order valence-corrected chi connectivity index (χ1v) is 6.95. The number of nitrogens with zero attached hydrogens (tertiary/aromatic N) is 2. The van der Waals surface area contributed by atoms with Crippen molar-refractivity contribution < 1.29 is 5.11 Å². The molecule has 0 fully saturated rings. The molecule has 2 rings (SSSR count). The molecule has 1 aromatic carbocycles. The number of aromatic hydroxyl groups is 1. The van der Waals surface area contributed by atoms with Gasteiger partial charge in [-0.3, -0.25) is 0 Å². The molecule has 4 N–H and O–H groups in total. The summed E-state index contributed by atoms with van der Waals surface area (Å²) >= 11 is 0. The minimum absolute atomic E-state index is 0.273. The van der Waals surface area contributed by atoms with Gasteiger partial charge in [0.15, 0.2) is 0 Å². The van der Waals surface area contributed by atoms with Gasteiger partial charge in [0.05, 0.1) is 5.69 Å². The predicted octanol–water partition coefficient (Wildman–Crippen LogP) is 2.44. The van der Waals surface area contributed by atoms with Gasteiger partial charge in [0.1, 0.15) is 5.75 Å². The standard InChI is InChI=1S/C17H20N4O/c1-11-9-14(6-7-17(11)22)13(3)19-10-15(12(2)18)16-5-4-8-20-21-16/h4-9,19,22H,3,10,18H2,1-2H3. The smallest absolute Gasteiger partial charge is 0.118 e. The third kappa shape index (κ3) is 3.63. The van der Waals surface area contributed by atoms with E-state index in [1.165, 1.54) is 0 Å². The number of nitrogens with two attached hydrogens (primary N) is 1. The second-order valence-corrected chi connectivity index (χ2v) is 5.10. The summed E-state index contributed by atoms with van der Waals surface area (Å²) in [5.41, 5.74) is 10.7. The van der Waals surface area contributed by atoms with E-state index in [-0.39, 0.29) is 5.75 Å². The zero-order chi connectivity index (χ0) is 16.1. The maximum absolute atomic E-state index is 9.58. The molecule has 0 saturated heterocycles. The van der Waals surface area contributed by atoms with E-state index in [0.29, 0.717) is 12.2 Å². The number of benzene rings is 1. The van der Waals surface area contributed by atoms with E-state index < -0.39 is 0 Å². The van der Waals surface area contributed by atoms with Crippen LogP contribution in [0.2, 0.25) is 0 Å². The lowest BCUT2D eigenvalue weighted by Crippen LogP contribution is -2.17. The highest BCUT2D eigenvalue weighted by Crippen LogP contribution is 2.21. The molecule has 5 nitrogen and oxygen atoms in total.